The summed E-state index contributed by atoms with van der Waals surface area (Å²) in [5.41, 5.74) is 0. The lowest BCUT2D eigenvalue weighted by Gasteiger charge is -2.09. The normalized spacial score (nSPS) is 10.7. The summed E-state index contributed by atoms with van der Waals surface area (Å²) < 4.78 is 0. The Labute approximate surface area is 143 Å². The van der Waals surface area contributed by atoms with Crippen LogP contribution in [0.25, 0.3) is 0 Å². The van der Waals surface area contributed by atoms with Crippen molar-refractivity contribution >= 4 is 5.91 Å². The summed E-state index contributed by atoms with van der Waals surface area (Å²) in [6.07, 6.45) is 19.7. The molecule has 0 aromatic heterocycles. The maximum atomic E-state index is 11.0. The van der Waals surface area contributed by atoms with Crippen molar-refractivity contribution in [3.05, 3.63) is 4.91 Å². The third kappa shape index (κ3) is 15.7. The second kappa shape index (κ2) is 17.4. The number of nitrogens with zero attached hydrogens (tertiary/aromatic N) is 2. The largest absolute Gasteiger partial charge is 0.273 e. The van der Waals surface area contributed by atoms with Gasteiger partial charge in [-0.2, -0.15) is 5.01 Å². The second-order valence-electron chi connectivity index (χ2n) is 6.67. The highest BCUT2D eigenvalue weighted by Gasteiger charge is 2.06. The minimum absolute atomic E-state index is 0.259. The van der Waals surface area contributed by atoms with Gasteiger partial charge in [-0.1, -0.05) is 96.8 Å². The van der Waals surface area contributed by atoms with Crippen LogP contribution >= 0.6 is 0 Å². The molecule has 0 N–H and O–H groups in total. The van der Waals surface area contributed by atoms with Crippen molar-refractivity contribution < 1.29 is 4.79 Å². The Hall–Kier alpha value is -0.930. The molecule has 0 aromatic carbocycles. The fourth-order valence-electron chi connectivity index (χ4n) is 2.89. The van der Waals surface area contributed by atoms with E-state index in [0.717, 1.165) is 17.9 Å². The molecule has 0 saturated carbocycles. The molecule has 4 nitrogen and oxygen atoms in total. The summed E-state index contributed by atoms with van der Waals surface area (Å²) in [4.78, 5) is 21.4. The van der Waals surface area contributed by atoms with Crippen molar-refractivity contribution in [2.24, 2.45) is 5.29 Å². The minimum atomic E-state index is -0.259. The average molecular weight is 327 g/mol. The van der Waals surface area contributed by atoms with Gasteiger partial charge in [-0.3, -0.25) is 4.79 Å². The third-order valence-corrected chi connectivity index (χ3v) is 4.44. The first-order valence-electron chi connectivity index (χ1n) is 9.83. The predicted molar refractivity (Wildman–Crippen MR) is 98.1 cm³/mol. The topological polar surface area (TPSA) is 49.7 Å². The van der Waals surface area contributed by atoms with E-state index < -0.39 is 0 Å². The Kier molecular flexibility index (Phi) is 16.7. The summed E-state index contributed by atoms with van der Waals surface area (Å²) in [7, 11) is 0. The lowest BCUT2D eigenvalue weighted by atomic mass is 10.0. The molecular formula is C19H38N2O2. The summed E-state index contributed by atoms with van der Waals surface area (Å²) in [6, 6.07) is 0. The van der Waals surface area contributed by atoms with Gasteiger partial charge in [0.15, 0.2) is 0 Å². The van der Waals surface area contributed by atoms with Crippen molar-refractivity contribution in [3.63, 3.8) is 0 Å². The van der Waals surface area contributed by atoms with E-state index in [-0.39, 0.29) is 5.91 Å². The summed E-state index contributed by atoms with van der Waals surface area (Å²) in [5, 5.41) is 3.74. The molecule has 0 bridgehead atoms. The fraction of sp³-hybridized carbons (Fsp3) is 0.947. The third-order valence-electron chi connectivity index (χ3n) is 4.44. The zero-order valence-electron chi connectivity index (χ0n) is 15.5. The van der Waals surface area contributed by atoms with E-state index in [1.165, 1.54) is 90.4 Å². The fourth-order valence-corrected chi connectivity index (χ4v) is 2.89. The van der Waals surface area contributed by atoms with Crippen LogP contribution in [0, 0.1) is 4.91 Å². The highest BCUT2D eigenvalue weighted by molar-refractivity contribution is 5.72. The van der Waals surface area contributed by atoms with Gasteiger partial charge in [0.25, 0.3) is 0 Å². The number of rotatable bonds is 17. The average Bonchev–Trinajstić information content (AvgIpc) is 2.54. The van der Waals surface area contributed by atoms with Crippen LogP contribution in [0.3, 0.4) is 0 Å². The van der Waals surface area contributed by atoms with E-state index in [4.69, 9.17) is 0 Å². The van der Waals surface area contributed by atoms with E-state index in [2.05, 4.69) is 12.2 Å². The molecule has 0 fully saturated rings. The van der Waals surface area contributed by atoms with Crippen molar-refractivity contribution in [2.45, 2.75) is 110 Å². The molecule has 0 atom stereocenters. The zero-order chi connectivity index (χ0) is 17.2. The summed E-state index contributed by atoms with van der Waals surface area (Å²) >= 11 is 0. The maximum absolute atomic E-state index is 11.0. The Morgan fingerprint density at radius 1 is 0.696 bits per heavy atom. The van der Waals surface area contributed by atoms with Crippen LogP contribution in [0.5, 0.6) is 0 Å². The monoisotopic (exact) mass is 326 g/mol. The number of carbonyl (C=O) groups is 1. The first-order valence-corrected chi connectivity index (χ1v) is 9.83. The van der Waals surface area contributed by atoms with Gasteiger partial charge in [0.1, 0.15) is 0 Å². The first-order chi connectivity index (χ1) is 11.2. The number of amides is 1. The number of nitroso groups, excluding NO2 is 1. The first kappa shape index (κ1) is 22.1. The second-order valence-corrected chi connectivity index (χ2v) is 6.67. The lowest BCUT2D eigenvalue weighted by molar-refractivity contribution is -0.129. The standard InChI is InChI=1S/C19H38N2O2/c1-3-4-5-6-7-8-9-10-11-12-13-14-15-16-17-18-21(20-23)19(2)22/h3-18H2,1-2H3. The van der Waals surface area contributed by atoms with Crippen molar-refractivity contribution in [3.8, 4) is 0 Å². The number of carbonyl (C=O) groups excluding carboxylic acids is 1. The van der Waals surface area contributed by atoms with Crippen LogP contribution in [0.1, 0.15) is 110 Å². The molecule has 0 spiro atoms. The van der Waals surface area contributed by atoms with Gasteiger partial charge >= 0.3 is 0 Å². The van der Waals surface area contributed by atoms with E-state index >= 15 is 0 Å². The van der Waals surface area contributed by atoms with E-state index in [9.17, 15) is 9.70 Å². The predicted octanol–water partition coefficient (Wildman–Crippen LogP) is 6.39. The molecule has 4 heteroatoms. The molecule has 1 amide bonds. The van der Waals surface area contributed by atoms with Crippen LogP contribution in [0.2, 0.25) is 0 Å². The Morgan fingerprint density at radius 3 is 1.35 bits per heavy atom. The van der Waals surface area contributed by atoms with Gasteiger partial charge in [0, 0.05) is 13.5 Å². The molecule has 0 saturated heterocycles. The molecule has 136 valence electrons. The van der Waals surface area contributed by atoms with Crippen molar-refractivity contribution in [1.82, 2.24) is 5.01 Å². The smallest absolute Gasteiger partial charge is 0.242 e. The molecule has 0 aliphatic heterocycles. The molecule has 0 aliphatic rings. The molecule has 0 aromatic rings. The van der Waals surface area contributed by atoms with Crippen LogP contribution in [-0.4, -0.2) is 17.5 Å². The van der Waals surface area contributed by atoms with Crippen LogP contribution < -0.4 is 0 Å². The lowest BCUT2D eigenvalue weighted by Crippen LogP contribution is -2.23. The van der Waals surface area contributed by atoms with Gasteiger partial charge in [0.2, 0.25) is 5.91 Å². The van der Waals surface area contributed by atoms with Crippen molar-refractivity contribution in [2.75, 3.05) is 6.54 Å². The molecule has 23 heavy (non-hydrogen) atoms. The SMILES string of the molecule is CCCCCCCCCCCCCCCCCN(N=O)C(C)=O. The van der Waals surface area contributed by atoms with E-state index in [0.29, 0.717) is 6.54 Å². The number of unbranched alkanes of at least 4 members (excludes halogenated alkanes) is 14. The Balaban J connectivity index is 3.13. The quantitative estimate of drug-likeness (QED) is 0.177. The van der Waals surface area contributed by atoms with Crippen molar-refractivity contribution in [1.29, 1.82) is 0 Å². The van der Waals surface area contributed by atoms with Gasteiger partial charge in [-0.25, -0.2) is 0 Å². The van der Waals surface area contributed by atoms with Gasteiger partial charge in [-0.15, -0.1) is 4.91 Å². The summed E-state index contributed by atoms with van der Waals surface area (Å²) in [5.74, 6) is -0.259. The molecular weight excluding hydrogens is 288 g/mol. The number of hydrogen-bond donors (Lipinski definition) is 0. The van der Waals surface area contributed by atoms with Gasteiger partial charge in [0.05, 0.1) is 5.29 Å². The summed E-state index contributed by atoms with van der Waals surface area (Å²) in [6.45, 7) is 4.12. The molecule has 0 aliphatic carbocycles. The molecule has 0 unspecified atom stereocenters. The zero-order valence-corrected chi connectivity index (χ0v) is 15.5. The van der Waals surface area contributed by atoms with Gasteiger partial charge < -0.3 is 0 Å². The minimum Gasteiger partial charge on any atom is -0.273 e. The Bertz CT molecular complexity index is 283. The maximum Gasteiger partial charge on any atom is 0.242 e. The van der Waals surface area contributed by atoms with Crippen LogP contribution in [-0.2, 0) is 4.79 Å². The molecule has 0 rings (SSSR count). The molecule has 0 radical (unpaired) electrons. The van der Waals surface area contributed by atoms with Crippen LogP contribution in [0.15, 0.2) is 5.29 Å². The van der Waals surface area contributed by atoms with Gasteiger partial charge in [-0.05, 0) is 6.42 Å². The van der Waals surface area contributed by atoms with E-state index in [1.807, 2.05) is 0 Å². The Morgan fingerprint density at radius 2 is 1.04 bits per heavy atom. The number of hydrogen-bond acceptors (Lipinski definition) is 3. The van der Waals surface area contributed by atoms with Crippen LogP contribution in [0.4, 0.5) is 0 Å². The highest BCUT2D eigenvalue weighted by atomic mass is 16.3. The van der Waals surface area contributed by atoms with E-state index in [1.54, 1.807) is 0 Å². The highest BCUT2D eigenvalue weighted by Crippen LogP contribution is 2.13. The molecule has 0 heterocycles.